The molecule has 4 heterocycles. The van der Waals surface area contributed by atoms with Gasteiger partial charge in [0.05, 0.1) is 39.1 Å². The van der Waals surface area contributed by atoms with Crippen molar-refractivity contribution >= 4 is 48.6 Å². The predicted molar refractivity (Wildman–Crippen MR) is 218 cm³/mol. The van der Waals surface area contributed by atoms with Crippen molar-refractivity contribution < 1.29 is 27.3 Å². The van der Waals surface area contributed by atoms with Gasteiger partial charge in [0.2, 0.25) is 0 Å². The highest BCUT2D eigenvalue weighted by Gasteiger charge is 2.51. The first kappa shape index (κ1) is 38.6. The molecule has 1 unspecified atom stereocenters. The van der Waals surface area contributed by atoms with Crippen LogP contribution >= 0.6 is 11.6 Å². The third-order valence-electron chi connectivity index (χ3n) is 14.7. The van der Waals surface area contributed by atoms with Crippen LogP contribution in [0.25, 0.3) is 0 Å². The molecule has 54 heavy (non-hydrogen) atoms. The van der Waals surface area contributed by atoms with Crippen LogP contribution < -0.4 is 14.4 Å². The Morgan fingerprint density at radius 3 is 2.52 bits per heavy atom. The summed E-state index contributed by atoms with van der Waals surface area (Å²) in [6.07, 6.45) is 9.56. The number of fused-ring (bicyclic) bond motifs is 4. The summed E-state index contributed by atoms with van der Waals surface area (Å²) in [5.41, 5.74) is 2.51. The summed E-state index contributed by atoms with van der Waals surface area (Å²) in [6, 6.07) is 11.8. The number of rotatable bonds is 2. The predicted octanol–water partition coefficient (Wildman–Crippen LogP) is 6.04. The second-order valence-electron chi connectivity index (χ2n) is 18.2. The number of amides is 1. The number of aliphatic hydroxyl groups is 1. The maximum atomic E-state index is 14.0. The van der Waals surface area contributed by atoms with Crippen LogP contribution in [0.4, 0.5) is 5.69 Å². The van der Waals surface area contributed by atoms with Crippen molar-refractivity contribution in [3.05, 3.63) is 58.1 Å². The van der Waals surface area contributed by atoms with E-state index in [4.69, 9.17) is 16.3 Å². The normalized spacial score (nSPS) is 36.7. The fraction of sp³-hybridized carbons (Fsp3) is 0.667. The molecule has 2 aromatic rings. The molecular weight excluding hydrogens is 742 g/mol. The lowest BCUT2D eigenvalue weighted by Gasteiger charge is -2.52. The van der Waals surface area contributed by atoms with Gasteiger partial charge in [-0.1, -0.05) is 31.0 Å². The number of nitrogens with zero attached hydrogens (tertiary/aromatic N) is 2. The second-order valence-corrected chi connectivity index (χ2v) is 23.2. The number of β-amino-alcohol motifs (C(OH)–C–C–N with tert-alkyl or cyclic N) is 1. The van der Waals surface area contributed by atoms with Gasteiger partial charge in [0.15, 0.2) is 9.84 Å². The van der Waals surface area contributed by atoms with Gasteiger partial charge >= 0.3 is 0 Å². The Balaban J connectivity index is 1.14. The van der Waals surface area contributed by atoms with Crippen molar-refractivity contribution in [1.82, 2.24) is 9.62 Å². The van der Waals surface area contributed by atoms with Gasteiger partial charge in [-0.15, -0.1) is 0 Å². The SMILES string of the molecule is C=S1(=O)NC(=O)c2ccc3c(c2)N(C[C@@H]2CC[C@H]2[C@@](O)(CN2CCC4(CC2)CCS(=O)(=O)C4)CCC[C@H](C)[C@H]1C)C[C@@]1(CCCc2cc(Cl)ccc21)CO3. The van der Waals surface area contributed by atoms with Crippen LogP contribution in [0, 0.1) is 23.2 Å². The smallest absolute Gasteiger partial charge is 0.262 e. The number of hydrogen-bond donors (Lipinski definition) is 2. The molecule has 2 aliphatic carbocycles. The Morgan fingerprint density at radius 2 is 1.80 bits per heavy atom. The Hall–Kier alpha value is -2.31. The van der Waals surface area contributed by atoms with E-state index in [9.17, 15) is 22.5 Å². The van der Waals surface area contributed by atoms with Gasteiger partial charge in [-0.2, -0.15) is 0 Å². The van der Waals surface area contributed by atoms with Crippen molar-refractivity contribution in [3.8, 4) is 5.75 Å². The number of piperidine rings is 1. The van der Waals surface area contributed by atoms with E-state index >= 15 is 0 Å². The monoisotopic (exact) mass is 799 g/mol. The second kappa shape index (κ2) is 14.3. The lowest BCUT2D eigenvalue weighted by Crippen LogP contribution is -2.58. The van der Waals surface area contributed by atoms with E-state index in [2.05, 4.69) is 39.4 Å². The summed E-state index contributed by atoms with van der Waals surface area (Å²) in [5.74, 6) is 5.33. The molecule has 6 aliphatic rings. The first-order valence-corrected chi connectivity index (χ1v) is 24.2. The number of aryl methyl sites for hydroxylation is 1. The van der Waals surface area contributed by atoms with E-state index in [1.54, 1.807) is 6.07 Å². The van der Waals surface area contributed by atoms with E-state index in [0.717, 1.165) is 100 Å². The molecule has 2 aromatic carbocycles. The van der Waals surface area contributed by atoms with E-state index < -0.39 is 31.1 Å². The van der Waals surface area contributed by atoms with E-state index in [1.807, 2.05) is 25.1 Å². The largest absolute Gasteiger partial charge is 0.490 e. The van der Waals surface area contributed by atoms with Gasteiger partial charge < -0.3 is 19.6 Å². The average molecular weight is 801 g/mol. The molecule has 0 aromatic heterocycles. The van der Waals surface area contributed by atoms with Gasteiger partial charge in [0.25, 0.3) is 5.91 Å². The summed E-state index contributed by atoms with van der Waals surface area (Å²) < 4.78 is 48.4. The number of sulfone groups is 1. The molecule has 3 fully saturated rings. The Morgan fingerprint density at radius 1 is 1.00 bits per heavy atom. The zero-order valence-electron chi connectivity index (χ0n) is 32.0. The molecule has 1 saturated carbocycles. The number of benzene rings is 2. The molecule has 9 nitrogen and oxygen atoms in total. The van der Waals surface area contributed by atoms with Crippen molar-refractivity contribution in [2.45, 2.75) is 101 Å². The van der Waals surface area contributed by atoms with Crippen molar-refractivity contribution in [3.63, 3.8) is 0 Å². The minimum Gasteiger partial charge on any atom is -0.490 e. The molecule has 4 aliphatic heterocycles. The number of carbonyl (C=O) groups is 1. The van der Waals surface area contributed by atoms with E-state index in [-0.39, 0.29) is 33.8 Å². The van der Waals surface area contributed by atoms with Crippen LogP contribution in [-0.2, 0) is 31.4 Å². The zero-order valence-corrected chi connectivity index (χ0v) is 34.4. The minimum absolute atomic E-state index is 0.0178. The number of carbonyl (C=O) groups excluding carboxylic acids is 1. The topological polar surface area (TPSA) is 116 Å². The highest BCUT2D eigenvalue weighted by molar-refractivity contribution is 7.99. The molecule has 8 rings (SSSR count). The fourth-order valence-corrected chi connectivity index (χ4v) is 15.0. The number of ether oxygens (including phenoxy) is 1. The first-order chi connectivity index (χ1) is 25.6. The van der Waals surface area contributed by atoms with Crippen molar-refractivity contribution in [2.75, 3.05) is 55.7 Å². The van der Waals surface area contributed by atoms with E-state index in [0.29, 0.717) is 43.2 Å². The summed E-state index contributed by atoms with van der Waals surface area (Å²) in [5, 5.41) is 13.3. The number of nitrogens with one attached hydrogen (secondary N) is 1. The van der Waals surface area contributed by atoms with Gasteiger partial charge in [-0.05, 0) is 155 Å². The Labute approximate surface area is 327 Å². The standard InChI is InChI=1S/C42H58ClN3O6S2/c1-29-6-4-15-42(48,26-45-19-16-40(17-20-45)18-21-54(50,51)28-40)36-11-8-33(36)24-46-25-41(14-5-7-31-22-34(43)10-12-35(31)41)27-52-38-13-9-32(23-37(38)46)39(47)44-53(3,49)30(29)2/h9-10,12-13,22-23,29-30,33,36,48H,3-8,11,14-21,24-28H2,1-2H3,(H,44,47,49)/t29-,30+,33-,36+,41-,42-,53?/m0/s1. The van der Waals surface area contributed by atoms with Crippen LogP contribution in [0.2, 0.25) is 5.02 Å². The molecular formula is C42H58ClN3O6S2. The minimum atomic E-state index is -2.98. The summed E-state index contributed by atoms with van der Waals surface area (Å²) in [7, 11) is -5.95. The average Bonchev–Trinajstić information content (AvgIpc) is 3.32. The zero-order chi connectivity index (χ0) is 38.1. The number of likely N-dealkylation sites (tertiary alicyclic amines) is 1. The number of halogens is 1. The molecule has 296 valence electrons. The Kier molecular flexibility index (Phi) is 10.2. The highest BCUT2D eigenvalue weighted by Crippen LogP contribution is 2.50. The first-order valence-electron chi connectivity index (χ1n) is 20.2. The number of hydrogen-bond acceptors (Lipinski definition) is 8. The number of anilines is 1. The van der Waals surface area contributed by atoms with Crippen LogP contribution in [-0.4, -0.2) is 96.1 Å². The quantitative estimate of drug-likeness (QED) is 0.354. The molecule has 2 N–H and O–H groups in total. The molecule has 7 atom stereocenters. The Bertz CT molecular complexity index is 2000. The van der Waals surface area contributed by atoms with Crippen LogP contribution in [0.5, 0.6) is 5.75 Å². The van der Waals surface area contributed by atoms with Crippen molar-refractivity contribution in [1.29, 1.82) is 0 Å². The third-order valence-corrected chi connectivity index (χ3v) is 19.0. The third kappa shape index (κ3) is 7.34. The summed E-state index contributed by atoms with van der Waals surface area (Å²) in [4.78, 5) is 18.6. The van der Waals surface area contributed by atoms with Crippen molar-refractivity contribution in [2.24, 2.45) is 23.2 Å². The molecule has 12 heteroatoms. The molecule has 1 amide bonds. The van der Waals surface area contributed by atoms with Gasteiger partial charge in [0, 0.05) is 40.9 Å². The van der Waals surface area contributed by atoms with Gasteiger partial charge in [-0.25, -0.2) is 12.6 Å². The van der Waals surface area contributed by atoms with Crippen LogP contribution in [0.3, 0.4) is 0 Å². The molecule has 2 bridgehead atoms. The fourth-order valence-electron chi connectivity index (χ4n) is 11.0. The maximum absolute atomic E-state index is 14.0. The highest BCUT2D eigenvalue weighted by atomic mass is 35.5. The summed E-state index contributed by atoms with van der Waals surface area (Å²) in [6.45, 7) is 8.10. The van der Waals surface area contributed by atoms with E-state index in [1.165, 1.54) is 11.1 Å². The lowest BCUT2D eigenvalue weighted by atomic mass is 9.62. The van der Waals surface area contributed by atoms with Gasteiger partial charge in [0.1, 0.15) is 5.75 Å². The van der Waals surface area contributed by atoms with Crippen LogP contribution in [0.15, 0.2) is 36.4 Å². The maximum Gasteiger partial charge on any atom is 0.262 e. The van der Waals surface area contributed by atoms with Gasteiger partial charge in [-0.3, -0.25) is 9.52 Å². The molecule has 2 saturated heterocycles. The van der Waals surface area contributed by atoms with Crippen LogP contribution in [0.1, 0.15) is 99.5 Å². The molecule has 2 spiro atoms. The summed E-state index contributed by atoms with van der Waals surface area (Å²) >= 11 is 6.50. The molecule has 0 radical (unpaired) electrons. The lowest BCUT2D eigenvalue weighted by molar-refractivity contribution is -0.110.